The molecule has 5 rings (SSSR count). The Balaban J connectivity index is 1.41. The maximum atomic E-state index is 13.1. The van der Waals surface area contributed by atoms with Crippen LogP contribution in [0.5, 0.6) is 11.5 Å². The zero-order valence-corrected chi connectivity index (χ0v) is 17.9. The van der Waals surface area contributed by atoms with Crippen LogP contribution in [0, 0.1) is 6.92 Å². The third-order valence-corrected chi connectivity index (χ3v) is 5.99. The molecular weight excluding hydrogens is 412 g/mol. The number of ether oxygens (including phenoxy) is 2. The molecule has 0 bridgehead atoms. The van der Waals surface area contributed by atoms with Gasteiger partial charge in [-0.3, -0.25) is 14.7 Å². The Kier molecular flexibility index (Phi) is 5.22. The quantitative estimate of drug-likeness (QED) is 0.540. The molecule has 0 fully saturated rings. The number of carbonyl (C=O) groups excluding carboxylic acids is 1. The number of ketones is 1. The summed E-state index contributed by atoms with van der Waals surface area (Å²) in [5.74, 6) is 1.60. The van der Waals surface area contributed by atoms with E-state index in [1.807, 2.05) is 49.4 Å². The molecule has 1 aromatic heterocycles. The third-order valence-electron chi connectivity index (χ3n) is 5.63. The van der Waals surface area contributed by atoms with E-state index >= 15 is 0 Å². The first-order valence-corrected chi connectivity index (χ1v) is 10.6. The van der Waals surface area contributed by atoms with Crippen LogP contribution in [-0.2, 0) is 13.0 Å². The molecule has 0 spiro atoms. The lowest BCUT2D eigenvalue weighted by Gasteiger charge is -2.30. The van der Waals surface area contributed by atoms with Gasteiger partial charge < -0.3 is 9.47 Å². The van der Waals surface area contributed by atoms with Gasteiger partial charge in [-0.25, -0.2) is 0 Å². The smallest absolute Gasteiger partial charge is 0.232 e. The predicted molar refractivity (Wildman–Crippen MR) is 119 cm³/mol. The monoisotopic (exact) mass is 432 g/mol. The number of hydrogen-bond donors (Lipinski definition) is 0. The maximum Gasteiger partial charge on any atom is 0.232 e. The molecule has 0 aliphatic carbocycles. The molecule has 3 aromatic rings. The van der Waals surface area contributed by atoms with Crippen LogP contribution < -0.4 is 9.47 Å². The largest absolute Gasteiger partial charge is 0.478 e. The number of pyridine rings is 1. The van der Waals surface area contributed by atoms with Gasteiger partial charge in [0.1, 0.15) is 18.2 Å². The normalized spacial score (nSPS) is 16.6. The van der Waals surface area contributed by atoms with Crippen LogP contribution >= 0.6 is 11.6 Å². The Morgan fingerprint density at radius 2 is 2.10 bits per heavy atom. The minimum atomic E-state index is -0.104. The van der Waals surface area contributed by atoms with E-state index in [0.717, 1.165) is 46.0 Å². The van der Waals surface area contributed by atoms with Gasteiger partial charge in [0, 0.05) is 30.5 Å². The second kappa shape index (κ2) is 8.17. The summed E-state index contributed by atoms with van der Waals surface area (Å²) < 4.78 is 12.1. The summed E-state index contributed by atoms with van der Waals surface area (Å²) in [6.45, 7) is 3.84. The second-order valence-corrected chi connectivity index (χ2v) is 8.17. The highest BCUT2D eigenvalue weighted by Crippen LogP contribution is 2.44. The van der Waals surface area contributed by atoms with Gasteiger partial charge in [-0.2, -0.15) is 0 Å². The lowest BCUT2D eigenvalue weighted by atomic mass is 9.98. The number of halogens is 1. The summed E-state index contributed by atoms with van der Waals surface area (Å²) in [6, 6.07) is 13.5. The Morgan fingerprint density at radius 3 is 2.90 bits per heavy atom. The summed E-state index contributed by atoms with van der Waals surface area (Å²) in [5, 5.41) is 0.774. The van der Waals surface area contributed by atoms with Crippen molar-refractivity contribution in [1.29, 1.82) is 0 Å². The van der Waals surface area contributed by atoms with E-state index in [2.05, 4.69) is 9.88 Å². The molecule has 3 heterocycles. The number of nitrogens with zero attached hydrogens (tertiary/aromatic N) is 2. The van der Waals surface area contributed by atoms with Gasteiger partial charge in [0.25, 0.3) is 0 Å². The summed E-state index contributed by atoms with van der Waals surface area (Å²) >= 11 is 6.30. The van der Waals surface area contributed by atoms with E-state index < -0.39 is 0 Å². The number of Topliss-reactive ketones (excluding diaryl/α,β-unsaturated/α-hetero) is 1. The Hall–Kier alpha value is -3.15. The van der Waals surface area contributed by atoms with Crippen LogP contribution in [0.15, 0.2) is 60.6 Å². The minimum absolute atomic E-state index is 0.104. The first-order valence-electron chi connectivity index (χ1n) is 10.2. The molecule has 0 saturated heterocycles. The molecule has 0 saturated carbocycles. The summed E-state index contributed by atoms with van der Waals surface area (Å²) in [5.41, 5.74) is 4.32. The predicted octanol–water partition coefficient (Wildman–Crippen LogP) is 5.05. The number of carbonyl (C=O) groups is 1. The number of fused-ring (bicyclic) bond motifs is 3. The van der Waals surface area contributed by atoms with Gasteiger partial charge in [0.05, 0.1) is 11.1 Å². The van der Waals surface area contributed by atoms with E-state index in [0.29, 0.717) is 30.3 Å². The SMILES string of the molecule is Cc1cc2c(c3c1C(=O)/C(=C/c1cccnc1)O3)CN(CCc1ccccc1Cl)CO2. The molecule has 0 atom stereocenters. The van der Waals surface area contributed by atoms with Crippen molar-refractivity contribution in [2.24, 2.45) is 0 Å². The van der Waals surface area contributed by atoms with Crippen LogP contribution in [0.4, 0.5) is 0 Å². The van der Waals surface area contributed by atoms with E-state index in [9.17, 15) is 4.79 Å². The molecular formula is C25H21ClN2O3. The van der Waals surface area contributed by atoms with Gasteiger partial charge in [0.2, 0.25) is 5.78 Å². The van der Waals surface area contributed by atoms with Crippen molar-refractivity contribution in [1.82, 2.24) is 9.88 Å². The van der Waals surface area contributed by atoms with Gasteiger partial charge >= 0.3 is 0 Å². The Bertz CT molecular complexity index is 1190. The highest BCUT2D eigenvalue weighted by molar-refractivity contribution is 6.31. The molecule has 0 unspecified atom stereocenters. The molecule has 2 aliphatic heterocycles. The minimum Gasteiger partial charge on any atom is -0.478 e. The van der Waals surface area contributed by atoms with Crippen LogP contribution in [0.25, 0.3) is 6.08 Å². The van der Waals surface area contributed by atoms with Crippen LogP contribution in [0.1, 0.15) is 32.6 Å². The lowest BCUT2D eigenvalue weighted by Crippen LogP contribution is -2.34. The molecule has 0 radical (unpaired) electrons. The molecule has 0 N–H and O–H groups in total. The standard InChI is InChI=1S/C25H21ClN2O3/c1-16-11-21-19(14-28(15-30-21)10-8-18-6-2-3-7-20(18)26)25-23(16)24(29)22(31-25)12-17-5-4-9-27-13-17/h2-7,9,11-13H,8,10,14-15H2,1H3/b22-12-. The van der Waals surface area contributed by atoms with Crippen LogP contribution in [-0.4, -0.2) is 28.9 Å². The maximum absolute atomic E-state index is 13.1. The highest BCUT2D eigenvalue weighted by Gasteiger charge is 2.35. The fourth-order valence-corrected chi connectivity index (χ4v) is 4.24. The van der Waals surface area contributed by atoms with Crippen molar-refractivity contribution in [3.8, 4) is 11.5 Å². The zero-order chi connectivity index (χ0) is 21.4. The van der Waals surface area contributed by atoms with Crippen molar-refractivity contribution in [2.75, 3.05) is 13.3 Å². The van der Waals surface area contributed by atoms with Crippen molar-refractivity contribution in [3.05, 3.63) is 93.5 Å². The van der Waals surface area contributed by atoms with Crippen molar-refractivity contribution >= 4 is 23.5 Å². The molecule has 31 heavy (non-hydrogen) atoms. The van der Waals surface area contributed by atoms with E-state index in [1.165, 1.54) is 0 Å². The average molecular weight is 433 g/mol. The van der Waals surface area contributed by atoms with Crippen molar-refractivity contribution in [2.45, 2.75) is 19.9 Å². The molecule has 5 nitrogen and oxygen atoms in total. The summed E-state index contributed by atoms with van der Waals surface area (Å²) in [4.78, 5) is 19.3. The number of rotatable bonds is 4. The highest BCUT2D eigenvalue weighted by atomic mass is 35.5. The topological polar surface area (TPSA) is 51.7 Å². The fraction of sp³-hybridized carbons (Fsp3) is 0.200. The number of hydrogen-bond acceptors (Lipinski definition) is 5. The van der Waals surface area contributed by atoms with Crippen molar-refractivity contribution < 1.29 is 14.3 Å². The molecule has 6 heteroatoms. The lowest BCUT2D eigenvalue weighted by molar-refractivity contribution is 0.0949. The first-order chi connectivity index (χ1) is 15.1. The number of aryl methyl sites for hydroxylation is 1. The third kappa shape index (κ3) is 3.82. The van der Waals surface area contributed by atoms with E-state index in [4.69, 9.17) is 21.1 Å². The summed E-state index contributed by atoms with van der Waals surface area (Å²) in [7, 11) is 0. The average Bonchev–Trinajstić information content (AvgIpc) is 3.11. The van der Waals surface area contributed by atoms with Crippen LogP contribution in [0.3, 0.4) is 0 Å². The second-order valence-electron chi connectivity index (χ2n) is 7.77. The number of benzene rings is 2. The van der Waals surface area contributed by atoms with Gasteiger partial charge in [-0.15, -0.1) is 0 Å². The van der Waals surface area contributed by atoms with Crippen molar-refractivity contribution in [3.63, 3.8) is 0 Å². The van der Waals surface area contributed by atoms with Gasteiger partial charge in [0.15, 0.2) is 5.76 Å². The Labute approximate surface area is 185 Å². The fourth-order valence-electron chi connectivity index (χ4n) is 4.01. The molecule has 2 aliphatic rings. The van der Waals surface area contributed by atoms with Crippen LogP contribution in [0.2, 0.25) is 5.02 Å². The van der Waals surface area contributed by atoms with E-state index in [1.54, 1.807) is 18.5 Å². The molecule has 0 amide bonds. The zero-order valence-electron chi connectivity index (χ0n) is 17.1. The summed E-state index contributed by atoms with van der Waals surface area (Å²) in [6.07, 6.45) is 5.95. The van der Waals surface area contributed by atoms with E-state index in [-0.39, 0.29) is 5.78 Å². The molecule has 156 valence electrons. The molecule has 2 aromatic carbocycles. The Morgan fingerprint density at radius 1 is 1.23 bits per heavy atom. The number of allylic oxidation sites excluding steroid dienone is 1. The van der Waals surface area contributed by atoms with Gasteiger partial charge in [-0.05, 0) is 54.3 Å². The van der Waals surface area contributed by atoms with Gasteiger partial charge in [-0.1, -0.05) is 35.9 Å². The first kappa shape index (κ1) is 19.8. The number of aromatic nitrogens is 1.